The lowest BCUT2D eigenvalue weighted by atomic mass is 10.2. The van der Waals surface area contributed by atoms with E-state index < -0.39 is 5.97 Å². The third-order valence-corrected chi connectivity index (χ3v) is 5.65. The molecule has 1 aliphatic heterocycles. The highest BCUT2D eigenvalue weighted by Gasteiger charge is 2.18. The minimum atomic E-state index is -0.519. The molecule has 0 bridgehead atoms. The SMILES string of the molecule is Cc1noc(C)c1CSc1ccccc1C(=O)OCC(=O)NC[C@H]1CCCO1. The fourth-order valence-corrected chi connectivity index (χ4v) is 4.11. The Morgan fingerprint density at radius 2 is 2.14 bits per heavy atom. The monoisotopic (exact) mass is 404 g/mol. The van der Waals surface area contributed by atoms with Crippen LogP contribution in [0.2, 0.25) is 0 Å². The summed E-state index contributed by atoms with van der Waals surface area (Å²) in [6, 6.07) is 7.19. The molecule has 1 aromatic carbocycles. The van der Waals surface area contributed by atoms with Crippen LogP contribution in [0, 0.1) is 13.8 Å². The van der Waals surface area contributed by atoms with E-state index in [9.17, 15) is 9.59 Å². The molecule has 8 heteroatoms. The van der Waals surface area contributed by atoms with E-state index in [2.05, 4.69) is 10.5 Å². The Kier molecular flexibility index (Phi) is 7.11. The molecule has 2 aromatic rings. The molecule has 1 fully saturated rings. The highest BCUT2D eigenvalue weighted by molar-refractivity contribution is 7.98. The van der Waals surface area contributed by atoms with Gasteiger partial charge in [-0.2, -0.15) is 0 Å². The third-order valence-electron chi connectivity index (χ3n) is 4.55. The van der Waals surface area contributed by atoms with Gasteiger partial charge in [-0.15, -0.1) is 11.8 Å². The van der Waals surface area contributed by atoms with Crippen LogP contribution in [0.4, 0.5) is 0 Å². The van der Waals surface area contributed by atoms with E-state index in [1.165, 1.54) is 11.8 Å². The number of hydrogen-bond donors (Lipinski definition) is 1. The number of esters is 1. The zero-order valence-corrected chi connectivity index (χ0v) is 16.8. The summed E-state index contributed by atoms with van der Waals surface area (Å²) < 4.78 is 15.8. The molecular formula is C20H24N2O5S. The van der Waals surface area contributed by atoms with Crippen molar-refractivity contribution < 1.29 is 23.6 Å². The lowest BCUT2D eigenvalue weighted by molar-refractivity contribution is -0.124. The van der Waals surface area contributed by atoms with E-state index in [0.29, 0.717) is 17.9 Å². The minimum absolute atomic E-state index is 0.0566. The van der Waals surface area contributed by atoms with E-state index in [0.717, 1.165) is 41.4 Å². The maximum Gasteiger partial charge on any atom is 0.339 e. The second-order valence-electron chi connectivity index (χ2n) is 6.60. The maximum atomic E-state index is 12.5. The molecule has 0 radical (unpaired) electrons. The molecule has 0 spiro atoms. The first-order valence-electron chi connectivity index (χ1n) is 9.23. The molecule has 1 aliphatic rings. The molecule has 1 amide bonds. The van der Waals surface area contributed by atoms with Crippen LogP contribution < -0.4 is 5.32 Å². The van der Waals surface area contributed by atoms with Crippen molar-refractivity contribution in [2.45, 2.75) is 43.4 Å². The van der Waals surface area contributed by atoms with Crippen LogP contribution in [-0.4, -0.2) is 42.9 Å². The molecule has 7 nitrogen and oxygen atoms in total. The highest BCUT2D eigenvalue weighted by atomic mass is 32.2. The minimum Gasteiger partial charge on any atom is -0.452 e. The van der Waals surface area contributed by atoms with Gasteiger partial charge in [0.1, 0.15) is 5.76 Å². The van der Waals surface area contributed by atoms with Gasteiger partial charge in [0.25, 0.3) is 5.91 Å². The topological polar surface area (TPSA) is 90.7 Å². The van der Waals surface area contributed by atoms with Gasteiger partial charge < -0.3 is 19.3 Å². The standard InChI is InChI=1S/C20H24N2O5S/c1-13-17(14(2)27-22-13)12-28-18-8-4-3-7-16(18)20(24)26-11-19(23)21-10-15-6-5-9-25-15/h3-4,7-8,15H,5-6,9-12H2,1-2H3,(H,21,23)/t15-/m1/s1. The number of carbonyl (C=O) groups excluding carboxylic acids is 2. The molecule has 3 rings (SSSR count). The quantitative estimate of drug-likeness (QED) is 0.534. The first kappa shape index (κ1) is 20.4. The number of aryl methyl sites for hydroxylation is 2. The molecule has 28 heavy (non-hydrogen) atoms. The second kappa shape index (κ2) is 9.75. The highest BCUT2D eigenvalue weighted by Crippen LogP contribution is 2.29. The molecule has 0 unspecified atom stereocenters. The van der Waals surface area contributed by atoms with E-state index in [4.69, 9.17) is 14.0 Å². The summed E-state index contributed by atoms with van der Waals surface area (Å²) in [4.78, 5) is 25.1. The Bertz CT molecular complexity index is 810. The van der Waals surface area contributed by atoms with Crippen LogP contribution in [0.1, 0.15) is 40.2 Å². The lowest BCUT2D eigenvalue weighted by Gasteiger charge is -2.12. The van der Waals surface area contributed by atoms with Crippen LogP contribution in [0.25, 0.3) is 0 Å². The van der Waals surface area contributed by atoms with E-state index >= 15 is 0 Å². The number of thioether (sulfide) groups is 1. The zero-order valence-electron chi connectivity index (χ0n) is 16.0. The summed E-state index contributed by atoms with van der Waals surface area (Å²) in [5.74, 6) is 0.555. The number of amides is 1. The average molecular weight is 404 g/mol. The normalized spacial score (nSPS) is 16.1. The van der Waals surface area contributed by atoms with Gasteiger partial charge in [-0.1, -0.05) is 17.3 Å². The molecular weight excluding hydrogens is 380 g/mol. The number of aromatic nitrogens is 1. The van der Waals surface area contributed by atoms with Crippen LogP contribution in [0.5, 0.6) is 0 Å². The Labute approximate surface area is 168 Å². The maximum absolute atomic E-state index is 12.5. The van der Waals surface area contributed by atoms with Crippen molar-refractivity contribution in [2.75, 3.05) is 19.8 Å². The van der Waals surface area contributed by atoms with Crippen LogP contribution in [-0.2, 0) is 20.0 Å². The number of rotatable bonds is 8. The van der Waals surface area contributed by atoms with Gasteiger partial charge in [-0.05, 0) is 38.8 Å². The predicted molar refractivity (Wildman–Crippen MR) is 104 cm³/mol. The van der Waals surface area contributed by atoms with Gasteiger partial charge in [0.15, 0.2) is 6.61 Å². The Morgan fingerprint density at radius 1 is 1.32 bits per heavy atom. The van der Waals surface area contributed by atoms with Crippen molar-refractivity contribution in [1.82, 2.24) is 10.5 Å². The van der Waals surface area contributed by atoms with E-state index in [-0.39, 0.29) is 18.6 Å². The molecule has 1 saturated heterocycles. The molecule has 0 saturated carbocycles. The van der Waals surface area contributed by atoms with Gasteiger partial charge in [0, 0.05) is 29.4 Å². The summed E-state index contributed by atoms with van der Waals surface area (Å²) in [7, 11) is 0. The molecule has 150 valence electrons. The fraction of sp³-hybridized carbons (Fsp3) is 0.450. The predicted octanol–water partition coefficient (Wildman–Crippen LogP) is 3.04. The first-order chi connectivity index (χ1) is 13.5. The van der Waals surface area contributed by atoms with Crippen LogP contribution in [0.3, 0.4) is 0 Å². The van der Waals surface area contributed by atoms with Gasteiger partial charge in [0.05, 0.1) is 17.4 Å². The molecule has 0 aliphatic carbocycles. The zero-order chi connectivity index (χ0) is 19.9. The van der Waals surface area contributed by atoms with E-state index in [1.54, 1.807) is 12.1 Å². The van der Waals surface area contributed by atoms with Crippen molar-refractivity contribution in [3.63, 3.8) is 0 Å². The summed E-state index contributed by atoms with van der Waals surface area (Å²) in [6.07, 6.45) is 2.01. The van der Waals surface area contributed by atoms with Crippen LogP contribution >= 0.6 is 11.8 Å². The molecule has 1 atom stereocenters. The molecule has 1 N–H and O–H groups in total. The van der Waals surface area contributed by atoms with Crippen molar-refractivity contribution in [2.24, 2.45) is 0 Å². The number of benzene rings is 1. The summed E-state index contributed by atoms with van der Waals surface area (Å²) in [5, 5.41) is 6.69. The van der Waals surface area contributed by atoms with Crippen LogP contribution in [0.15, 0.2) is 33.7 Å². The lowest BCUT2D eigenvalue weighted by Crippen LogP contribution is -2.34. The van der Waals surface area contributed by atoms with Crippen molar-refractivity contribution >= 4 is 23.6 Å². The van der Waals surface area contributed by atoms with Gasteiger partial charge in [0.2, 0.25) is 0 Å². The van der Waals surface area contributed by atoms with Crippen molar-refractivity contribution in [3.05, 3.63) is 46.8 Å². The summed E-state index contributed by atoms with van der Waals surface area (Å²) in [6.45, 7) is 4.62. The average Bonchev–Trinajstić information content (AvgIpc) is 3.33. The number of hydrogen-bond acceptors (Lipinski definition) is 7. The second-order valence-corrected chi connectivity index (χ2v) is 7.62. The van der Waals surface area contributed by atoms with E-state index in [1.807, 2.05) is 26.0 Å². The van der Waals surface area contributed by atoms with Crippen molar-refractivity contribution in [3.8, 4) is 0 Å². The third kappa shape index (κ3) is 5.36. The largest absolute Gasteiger partial charge is 0.452 e. The molecule has 2 heterocycles. The van der Waals surface area contributed by atoms with Crippen molar-refractivity contribution in [1.29, 1.82) is 0 Å². The number of nitrogens with one attached hydrogen (secondary N) is 1. The Hall–Kier alpha value is -2.32. The van der Waals surface area contributed by atoms with Gasteiger partial charge in [-0.25, -0.2) is 4.79 Å². The fourth-order valence-electron chi connectivity index (χ4n) is 2.91. The molecule has 1 aromatic heterocycles. The smallest absolute Gasteiger partial charge is 0.339 e. The summed E-state index contributed by atoms with van der Waals surface area (Å²) >= 11 is 1.50. The summed E-state index contributed by atoms with van der Waals surface area (Å²) in [5.41, 5.74) is 2.29. The van der Waals surface area contributed by atoms with Gasteiger partial charge >= 0.3 is 5.97 Å². The number of carbonyl (C=O) groups is 2. The van der Waals surface area contributed by atoms with Gasteiger partial charge in [-0.3, -0.25) is 4.79 Å². The Morgan fingerprint density at radius 3 is 2.86 bits per heavy atom. The first-order valence-corrected chi connectivity index (χ1v) is 10.2. The number of nitrogens with zero attached hydrogens (tertiary/aromatic N) is 1. The number of ether oxygens (including phenoxy) is 2. The Balaban J connectivity index is 1.52.